The van der Waals surface area contributed by atoms with Gasteiger partial charge in [0.05, 0.1) is 17.9 Å². The second-order valence-corrected chi connectivity index (χ2v) is 7.59. The van der Waals surface area contributed by atoms with E-state index in [4.69, 9.17) is 4.74 Å². The Bertz CT molecular complexity index is 1010. The first kappa shape index (κ1) is 19.9. The molecule has 0 bridgehead atoms. The molecule has 1 N–H and O–H groups in total. The second-order valence-electron chi connectivity index (χ2n) is 6.28. The average Bonchev–Trinajstić information content (AvgIpc) is 3.04. The van der Waals surface area contributed by atoms with Crippen molar-refractivity contribution in [3.8, 4) is 17.1 Å². The topological polar surface area (TPSA) is 69.0 Å². The minimum absolute atomic E-state index is 0.241. The summed E-state index contributed by atoms with van der Waals surface area (Å²) in [6.07, 6.45) is 0. The lowest BCUT2D eigenvalue weighted by Crippen LogP contribution is -2.23. The molecule has 1 heterocycles. The summed E-state index contributed by atoms with van der Waals surface area (Å²) in [5.41, 5.74) is 1.77. The number of thioether (sulfide) groups is 1. The highest BCUT2D eigenvalue weighted by Gasteiger charge is 2.21. The number of para-hydroxylation sites is 1. The molecule has 1 atom stereocenters. The molecule has 0 aliphatic carbocycles. The molecule has 3 aromatic rings. The predicted molar refractivity (Wildman–Crippen MR) is 108 cm³/mol. The molecule has 0 unspecified atom stereocenters. The highest BCUT2D eigenvalue weighted by atomic mass is 32.2. The number of carbonyl (C=O) groups excluding carboxylic acids is 1. The van der Waals surface area contributed by atoms with Gasteiger partial charge < -0.3 is 14.6 Å². The van der Waals surface area contributed by atoms with Crippen LogP contribution >= 0.6 is 11.8 Å². The lowest BCUT2D eigenvalue weighted by atomic mass is 10.2. The summed E-state index contributed by atoms with van der Waals surface area (Å²) in [4.78, 5) is 12.5. The van der Waals surface area contributed by atoms with E-state index >= 15 is 0 Å². The predicted octanol–water partition coefficient (Wildman–Crippen LogP) is 4.06. The zero-order valence-corrected chi connectivity index (χ0v) is 16.9. The highest BCUT2D eigenvalue weighted by Crippen LogP contribution is 2.31. The van der Waals surface area contributed by atoms with Gasteiger partial charge in [0.25, 0.3) is 0 Å². The molecule has 0 spiro atoms. The molecule has 6 nitrogen and oxygen atoms in total. The van der Waals surface area contributed by atoms with Crippen molar-refractivity contribution >= 4 is 23.4 Å². The van der Waals surface area contributed by atoms with E-state index in [2.05, 4.69) is 15.5 Å². The van der Waals surface area contributed by atoms with Crippen LogP contribution in [0.1, 0.15) is 12.5 Å². The van der Waals surface area contributed by atoms with Gasteiger partial charge >= 0.3 is 0 Å². The van der Waals surface area contributed by atoms with Gasteiger partial charge in [-0.15, -0.1) is 10.2 Å². The van der Waals surface area contributed by atoms with Gasteiger partial charge in [0.2, 0.25) is 5.91 Å². The summed E-state index contributed by atoms with van der Waals surface area (Å²) >= 11 is 1.28. The van der Waals surface area contributed by atoms with E-state index in [9.17, 15) is 9.18 Å². The molecule has 1 aromatic heterocycles. The van der Waals surface area contributed by atoms with Crippen LogP contribution < -0.4 is 10.1 Å². The molecule has 0 saturated carbocycles. The van der Waals surface area contributed by atoms with Gasteiger partial charge in [-0.05, 0) is 43.7 Å². The molecule has 146 valence electrons. The molecule has 3 rings (SSSR count). The van der Waals surface area contributed by atoms with E-state index in [0.717, 1.165) is 5.56 Å². The monoisotopic (exact) mass is 400 g/mol. The molecular weight excluding hydrogens is 379 g/mol. The van der Waals surface area contributed by atoms with Gasteiger partial charge in [-0.25, -0.2) is 4.39 Å². The normalized spacial score (nSPS) is 11.9. The summed E-state index contributed by atoms with van der Waals surface area (Å²) in [6, 6.07) is 12.2. The lowest BCUT2D eigenvalue weighted by Gasteiger charge is -2.12. The van der Waals surface area contributed by atoms with Crippen LogP contribution in [0.15, 0.2) is 47.6 Å². The standard InChI is InChI=1S/C20H21FN4O2S/c1-12-9-10-14(11-16(12)21)22-19(26)13(2)28-20-24-23-18(25(20)3)15-7-5-6-8-17(15)27-4/h5-11,13H,1-4H3,(H,22,26)/t13-/m0/s1. The van der Waals surface area contributed by atoms with Crippen molar-refractivity contribution in [1.82, 2.24) is 14.8 Å². The first-order valence-corrected chi connectivity index (χ1v) is 9.55. The quantitative estimate of drug-likeness (QED) is 0.632. The molecule has 0 saturated heterocycles. The zero-order valence-electron chi connectivity index (χ0n) is 16.1. The van der Waals surface area contributed by atoms with E-state index in [0.29, 0.717) is 28.0 Å². The molecule has 0 aliphatic rings. The molecule has 8 heteroatoms. The zero-order chi connectivity index (χ0) is 20.3. The molecule has 0 aliphatic heterocycles. The van der Waals surface area contributed by atoms with Crippen molar-refractivity contribution in [3.05, 3.63) is 53.8 Å². The smallest absolute Gasteiger partial charge is 0.237 e. The number of carbonyl (C=O) groups is 1. The first-order valence-electron chi connectivity index (χ1n) is 8.67. The van der Waals surface area contributed by atoms with Crippen LogP contribution in [-0.2, 0) is 11.8 Å². The maximum Gasteiger partial charge on any atom is 0.237 e. The van der Waals surface area contributed by atoms with Crippen molar-refractivity contribution in [2.75, 3.05) is 12.4 Å². The van der Waals surface area contributed by atoms with Crippen LogP contribution in [0.5, 0.6) is 5.75 Å². The number of nitrogens with zero attached hydrogens (tertiary/aromatic N) is 3. The summed E-state index contributed by atoms with van der Waals surface area (Å²) in [7, 11) is 3.44. The van der Waals surface area contributed by atoms with Gasteiger partial charge in [0.15, 0.2) is 11.0 Å². The number of ether oxygens (including phenoxy) is 1. The number of aromatic nitrogens is 3. The second kappa shape index (κ2) is 8.43. The van der Waals surface area contributed by atoms with Crippen molar-refractivity contribution < 1.29 is 13.9 Å². The maximum atomic E-state index is 13.7. The fraction of sp³-hybridized carbons (Fsp3) is 0.250. The number of rotatable bonds is 6. The minimum atomic E-state index is -0.446. The molecular formula is C20H21FN4O2S. The summed E-state index contributed by atoms with van der Waals surface area (Å²) in [5.74, 6) is 0.748. The van der Waals surface area contributed by atoms with Crippen LogP contribution in [0.4, 0.5) is 10.1 Å². The number of aryl methyl sites for hydroxylation is 1. The molecule has 2 aromatic carbocycles. The van der Waals surface area contributed by atoms with Gasteiger partial charge in [-0.1, -0.05) is 30.0 Å². The van der Waals surface area contributed by atoms with E-state index in [-0.39, 0.29) is 11.7 Å². The largest absolute Gasteiger partial charge is 0.496 e. The number of hydrogen-bond donors (Lipinski definition) is 1. The third-order valence-corrected chi connectivity index (χ3v) is 5.41. The summed E-state index contributed by atoms with van der Waals surface area (Å²) in [6.45, 7) is 3.44. The van der Waals surface area contributed by atoms with Crippen LogP contribution in [0.3, 0.4) is 0 Å². The van der Waals surface area contributed by atoms with Gasteiger partial charge in [0.1, 0.15) is 11.6 Å². The number of methoxy groups -OCH3 is 1. The minimum Gasteiger partial charge on any atom is -0.496 e. The van der Waals surface area contributed by atoms with Crippen molar-refractivity contribution in [3.63, 3.8) is 0 Å². The fourth-order valence-corrected chi connectivity index (χ4v) is 3.42. The highest BCUT2D eigenvalue weighted by molar-refractivity contribution is 8.00. The number of halogens is 1. The van der Waals surface area contributed by atoms with E-state index < -0.39 is 5.25 Å². The van der Waals surface area contributed by atoms with Gasteiger partial charge in [-0.2, -0.15) is 0 Å². The average molecular weight is 400 g/mol. The van der Waals surface area contributed by atoms with Crippen LogP contribution in [0, 0.1) is 12.7 Å². The Kier molecular flexibility index (Phi) is 5.99. The van der Waals surface area contributed by atoms with Gasteiger partial charge in [0, 0.05) is 12.7 Å². The van der Waals surface area contributed by atoms with Crippen molar-refractivity contribution in [1.29, 1.82) is 0 Å². The van der Waals surface area contributed by atoms with E-state index in [1.54, 1.807) is 33.1 Å². The first-order chi connectivity index (χ1) is 13.4. The van der Waals surface area contributed by atoms with Crippen molar-refractivity contribution in [2.24, 2.45) is 7.05 Å². The Morgan fingerprint density at radius 3 is 2.71 bits per heavy atom. The van der Waals surface area contributed by atoms with E-state index in [1.165, 1.54) is 17.8 Å². The van der Waals surface area contributed by atoms with Crippen LogP contribution in [0.2, 0.25) is 0 Å². The van der Waals surface area contributed by atoms with E-state index in [1.807, 2.05) is 35.9 Å². The third-order valence-electron chi connectivity index (χ3n) is 4.27. The Hall–Kier alpha value is -2.87. The summed E-state index contributed by atoms with van der Waals surface area (Å²) < 4.78 is 20.9. The number of hydrogen-bond acceptors (Lipinski definition) is 5. The van der Waals surface area contributed by atoms with Crippen LogP contribution in [-0.4, -0.2) is 33.0 Å². The molecule has 28 heavy (non-hydrogen) atoms. The molecule has 1 amide bonds. The Labute approximate surface area is 167 Å². The number of anilines is 1. The van der Waals surface area contributed by atoms with Gasteiger partial charge in [-0.3, -0.25) is 4.79 Å². The molecule has 0 fully saturated rings. The molecule has 0 radical (unpaired) electrons. The SMILES string of the molecule is COc1ccccc1-c1nnc(S[C@@H](C)C(=O)Nc2ccc(C)c(F)c2)n1C. The Morgan fingerprint density at radius 2 is 2.00 bits per heavy atom. The maximum absolute atomic E-state index is 13.7. The lowest BCUT2D eigenvalue weighted by molar-refractivity contribution is -0.115. The number of benzene rings is 2. The number of amides is 1. The van der Waals surface area contributed by atoms with Crippen LogP contribution in [0.25, 0.3) is 11.4 Å². The fourth-order valence-electron chi connectivity index (χ4n) is 2.61. The number of nitrogens with one attached hydrogen (secondary N) is 1. The summed E-state index contributed by atoms with van der Waals surface area (Å²) in [5, 5.41) is 11.3. The van der Waals surface area contributed by atoms with Crippen molar-refractivity contribution in [2.45, 2.75) is 24.3 Å². The third kappa shape index (κ3) is 4.17. The Balaban J connectivity index is 1.74. The Morgan fingerprint density at radius 1 is 1.25 bits per heavy atom.